The molecule has 2 aromatic rings. The highest BCUT2D eigenvalue weighted by Crippen LogP contribution is 2.32. The smallest absolute Gasteiger partial charge is 0.253 e. The maximum absolute atomic E-state index is 11.4. The molecule has 5 N–H and O–H groups in total. The molecule has 8 heteroatoms. The Morgan fingerprint density at radius 3 is 2.86 bits per heavy atom. The third-order valence-corrected chi connectivity index (χ3v) is 3.78. The molecule has 1 aliphatic rings. The fourth-order valence-electron chi connectivity index (χ4n) is 1.69. The zero-order valence-electron chi connectivity index (χ0n) is 11.2. The van der Waals surface area contributed by atoms with Gasteiger partial charge < -0.3 is 21.2 Å². The molecular weight excluding hydrogens is 290 g/mol. The van der Waals surface area contributed by atoms with Gasteiger partial charge in [-0.2, -0.15) is 0 Å². The number of anilines is 2. The molecule has 0 aromatic carbocycles. The number of nitrogens with one attached hydrogen (secondary N) is 1. The molecule has 1 saturated carbocycles. The van der Waals surface area contributed by atoms with Crippen LogP contribution in [-0.4, -0.2) is 21.6 Å². The van der Waals surface area contributed by atoms with Crippen molar-refractivity contribution < 1.29 is 4.74 Å². The second kappa shape index (κ2) is 5.65. The lowest BCUT2D eigenvalue weighted by atomic mass is 10.4. The van der Waals surface area contributed by atoms with E-state index in [0.717, 1.165) is 0 Å². The minimum Gasteiger partial charge on any atom is -0.476 e. The maximum Gasteiger partial charge on any atom is 0.253 e. The number of pyridine rings is 1. The summed E-state index contributed by atoms with van der Waals surface area (Å²) in [6.07, 6.45) is 2.39. The lowest BCUT2D eigenvalue weighted by Gasteiger charge is -2.08. The molecule has 2 aromatic heterocycles. The van der Waals surface area contributed by atoms with E-state index in [0.29, 0.717) is 34.3 Å². The van der Waals surface area contributed by atoms with Gasteiger partial charge in [-0.15, -0.1) is 0 Å². The Balaban J connectivity index is 1.77. The normalized spacial score (nSPS) is 14.1. The molecule has 2 heterocycles. The fraction of sp³-hybridized carbons (Fsp3) is 0.308. The van der Waals surface area contributed by atoms with Gasteiger partial charge in [0.2, 0.25) is 5.88 Å². The van der Waals surface area contributed by atoms with E-state index in [2.05, 4.69) is 15.0 Å². The number of hydrogen-bond donors (Lipinski definition) is 3. The summed E-state index contributed by atoms with van der Waals surface area (Å²) in [7, 11) is 0. The first-order valence-corrected chi connectivity index (χ1v) is 7.36. The van der Waals surface area contributed by atoms with Crippen molar-refractivity contribution in [2.45, 2.75) is 23.0 Å². The van der Waals surface area contributed by atoms with Gasteiger partial charge in [0.25, 0.3) is 5.56 Å². The van der Waals surface area contributed by atoms with Crippen LogP contribution in [0.4, 0.5) is 11.5 Å². The number of H-pyrrole nitrogens is 1. The highest BCUT2D eigenvalue weighted by atomic mass is 32.2. The van der Waals surface area contributed by atoms with E-state index >= 15 is 0 Å². The van der Waals surface area contributed by atoms with Gasteiger partial charge in [0.05, 0.1) is 12.3 Å². The third-order valence-electron chi connectivity index (χ3n) is 2.96. The van der Waals surface area contributed by atoms with Gasteiger partial charge in [0, 0.05) is 6.07 Å². The largest absolute Gasteiger partial charge is 0.476 e. The van der Waals surface area contributed by atoms with Crippen molar-refractivity contribution in [1.82, 2.24) is 15.0 Å². The van der Waals surface area contributed by atoms with E-state index in [-0.39, 0.29) is 11.4 Å². The SMILES string of the molecule is Nc1cc(=O)[nH]c(Sc2ccc(N)c(OCC3CC3)n2)n1. The fourth-order valence-corrected chi connectivity index (χ4v) is 2.45. The highest BCUT2D eigenvalue weighted by molar-refractivity contribution is 7.99. The number of ether oxygens (including phenoxy) is 1. The topological polar surface area (TPSA) is 120 Å². The Labute approximate surface area is 125 Å². The summed E-state index contributed by atoms with van der Waals surface area (Å²) in [5.74, 6) is 1.20. The molecule has 21 heavy (non-hydrogen) atoms. The Morgan fingerprint density at radius 2 is 2.14 bits per heavy atom. The van der Waals surface area contributed by atoms with Crippen LogP contribution >= 0.6 is 11.8 Å². The summed E-state index contributed by atoms with van der Waals surface area (Å²) in [6, 6.07) is 4.69. The van der Waals surface area contributed by atoms with Gasteiger partial charge in [-0.1, -0.05) is 0 Å². The molecule has 0 unspecified atom stereocenters. The number of aromatic nitrogens is 3. The van der Waals surface area contributed by atoms with Gasteiger partial charge in [-0.25, -0.2) is 9.97 Å². The second-order valence-electron chi connectivity index (χ2n) is 4.88. The van der Waals surface area contributed by atoms with E-state index in [9.17, 15) is 4.79 Å². The van der Waals surface area contributed by atoms with Gasteiger partial charge in [-0.3, -0.25) is 4.79 Å². The molecular formula is C13H15N5O2S. The van der Waals surface area contributed by atoms with Crippen molar-refractivity contribution in [3.05, 3.63) is 28.6 Å². The van der Waals surface area contributed by atoms with Crippen LogP contribution in [0.2, 0.25) is 0 Å². The first-order chi connectivity index (χ1) is 10.1. The van der Waals surface area contributed by atoms with Crippen LogP contribution in [-0.2, 0) is 0 Å². The van der Waals surface area contributed by atoms with E-state index in [1.807, 2.05) is 0 Å². The van der Waals surface area contributed by atoms with E-state index < -0.39 is 0 Å². The molecule has 0 atom stereocenters. The number of aromatic amines is 1. The third kappa shape index (κ3) is 3.66. The molecule has 0 bridgehead atoms. The molecule has 0 amide bonds. The Kier molecular flexibility index (Phi) is 3.70. The van der Waals surface area contributed by atoms with Crippen molar-refractivity contribution in [2.24, 2.45) is 5.92 Å². The predicted molar refractivity (Wildman–Crippen MR) is 80.3 cm³/mol. The number of hydrogen-bond acceptors (Lipinski definition) is 7. The molecule has 0 saturated heterocycles. The highest BCUT2D eigenvalue weighted by Gasteiger charge is 2.22. The summed E-state index contributed by atoms with van der Waals surface area (Å²) < 4.78 is 5.62. The standard InChI is InChI=1S/C13H15N5O2S/c14-8-3-4-11(18-12(8)20-6-7-1-2-7)21-13-16-9(15)5-10(19)17-13/h3-5,7H,1-2,6,14H2,(H3,15,16,17,19). The summed E-state index contributed by atoms with van der Waals surface area (Å²) >= 11 is 1.20. The van der Waals surface area contributed by atoms with Gasteiger partial charge in [-0.05, 0) is 42.7 Å². The Bertz CT molecular complexity index is 714. The van der Waals surface area contributed by atoms with Gasteiger partial charge in [0.1, 0.15) is 10.8 Å². The van der Waals surface area contributed by atoms with E-state index in [4.69, 9.17) is 16.2 Å². The molecule has 0 aliphatic heterocycles. The predicted octanol–water partition coefficient (Wildman–Crippen LogP) is 1.27. The van der Waals surface area contributed by atoms with Crippen molar-refractivity contribution in [3.8, 4) is 5.88 Å². The monoisotopic (exact) mass is 305 g/mol. The number of rotatable bonds is 5. The van der Waals surface area contributed by atoms with Crippen molar-refractivity contribution in [2.75, 3.05) is 18.1 Å². The van der Waals surface area contributed by atoms with Gasteiger partial charge in [0.15, 0.2) is 5.16 Å². The number of nitrogens with zero attached hydrogens (tertiary/aromatic N) is 2. The molecule has 0 radical (unpaired) electrons. The zero-order valence-corrected chi connectivity index (χ0v) is 12.0. The summed E-state index contributed by atoms with van der Waals surface area (Å²) in [5, 5.41) is 1.01. The van der Waals surface area contributed by atoms with Gasteiger partial charge >= 0.3 is 0 Å². The van der Waals surface area contributed by atoms with Crippen molar-refractivity contribution >= 4 is 23.3 Å². The average molecular weight is 305 g/mol. The number of nitrogens with two attached hydrogens (primary N) is 2. The molecule has 1 aliphatic carbocycles. The summed E-state index contributed by atoms with van der Waals surface area (Å²) in [6.45, 7) is 0.638. The molecule has 7 nitrogen and oxygen atoms in total. The van der Waals surface area contributed by atoms with Crippen LogP contribution in [0.1, 0.15) is 12.8 Å². The molecule has 3 rings (SSSR count). The quantitative estimate of drug-likeness (QED) is 0.711. The first kappa shape index (κ1) is 13.7. The first-order valence-electron chi connectivity index (χ1n) is 6.54. The molecule has 1 fully saturated rings. The molecule has 0 spiro atoms. The summed E-state index contributed by atoms with van der Waals surface area (Å²) in [5.41, 5.74) is 11.6. The summed E-state index contributed by atoms with van der Waals surface area (Å²) in [4.78, 5) is 22.3. The maximum atomic E-state index is 11.4. The minimum atomic E-state index is -0.300. The second-order valence-corrected chi connectivity index (χ2v) is 5.88. The zero-order chi connectivity index (χ0) is 14.8. The lowest BCUT2D eigenvalue weighted by Crippen LogP contribution is -2.09. The van der Waals surface area contributed by atoms with Crippen molar-refractivity contribution in [1.29, 1.82) is 0 Å². The van der Waals surface area contributed by atoms with E-state index in [1.54, 1.807) is 12.1 Å². The average Bonchev–Trinajstić information content (AvgIpc) is 3.22. The van der Waals surface area contributed by atoms with E-state index in [1.165, 1.54) is 30.7 Å². The molecule has 110 valence electrons. The number of nitrogen functional groups attached to an aromatic ring is 2. The minimum absolute atomic E-state index is 0.168. The van der Waals surface area contributed by atoms with Crippen LogP contribution < -0.4 is 21.8 Å². The Hall–Kier alpha value is -2.22. The Morgan fingerprint density at radius 1 is 1.33 bits per heavy atom. The lowest BCUT2D eigenvalue weighted by molar-refractivity contribution is 0.288. The van der Waals surface area contributed by atoms with Crippen molar-refractivity contribution in [3.63, 3.8) is 0 Å². The van der Waals surface area contributed by atoms with Crippen LogP contribution in [0.25, 0.3) is 0 Å². The van der Waals surface area contributed by atoms with Crippen LogP contribution in [0.5, 0.6) is 5.88 Å². The van der Waals surface area contributed by atoms with Crippen LogP contribution in [0.15, 0.2) is 33.2 Å². The van der Waals surface area contributed by atoms with Crippen LogP contribution in [0.3, 0.4) is 0 Å². The van der Waals surface area contributed by atoms with Crippen LogP contribution in [0, 0.1) is 5.92 Å².